The number of aryl methyl sites for hydroxylation is 3. The summed E-state index contributed by atoms with van der Waals surface area (Å²) in [4.78, 5) is 25.3. The van der Waals surface area contributed by atoms with Gasteiger partial charge in [0.1, 0.15) is 5.82 Å². The molecule has 0 bridgehead atoms. The van der Waals surface area contributed by atoms with Gasteiger partial charge in [-0.1, -0.05) is 36.4 Å². The van der Waals surface area contributed by atoms with Crippen LogP contribution in [0.3, 0.4) is 0 Å². The van der Waals surface area contributed by atoms with E-state index in [2.05, 4.69) is 21.6 Å². The van der Waals surface area contributed by atoms with Crippen molar-refractivity contribution in [3.63, 3.8) is 0 Å². The summed E-state index contributed by atoms with van der Waals surface area (Å²) in [5.41, 5.74) is 4.13. The number of benzene rings is 2. The van der Waals surface area contributed by atoms with Gasteiger partial charge in [0, 0.05) is 30.9 Å². The van der Waals surface area contributed by atoms with Crippen LogP contribution in [-0.4, -0.2) is 25.1 Å². The molecule has 0 radical (unpaired) electrons. The van der Waals surface area contributed by atoms with Crippen molar-refractivity contribution in [1.29, 1.82) is 0 Å². The van der Waals surface area contributed by atoms with Gasteiger partial charge in [0.25, 0.3) is 0 Å². The van der Waals surface area contributed by atoms with Crippen molar-refractivity contribution >= 4 is 11.6 Å². The molecule has 1 N–H and O–H groups in total. The average molecular weight is 430 g/mol. The highest BCUT2D eigenvalue weighted by molar-refractivity contribution is 5.76. The lowest BCUT2D eigenvalue weighted by Crippen LogP contribution is -2.26. The summed E-state index contributed by atoms with van der Waals surface area (Å²) < 4.78 is 3.30. The Hall–Kier alpha value is -3.74. The van der Waals surface area contributed by atoms with Crippen molar-refractivity contribution in [2.24, 2.45) is 0 Å². The van der Waals surface area contributed by atoms with Crippen LogP contribution in [-0.2, 0) is 11.2 Å². The predicted octanol–water partition coefficient (Wildman–Crippen LogP) is 3.70. The topological polar surface area (TPSA) is 81.3 Å². The first-order valence-electron chi connectivity index (χ1n) is 10.8. The van der Waals surface area contributed by atoms with E-state index < -0.39 is 0 Å². The minimum atomic E-state index is -0.217. The van der Waals surface area contributed by atoms with Gasteiger partial charge in [-0.15, -0.1) is 10.2 Å². The Balaban J connectivity index is 1.43. The number of hydrogen-bond acceptors (Lipinski definition) is 4. The molecule has 0 aliphatic rings. The van der Waals surface area contributed by atoms with Crippen LogP contribution in [0, 0.1) is 13.8 Å². The molecule has 2 heterocycles. The summed E-state index contributed by atoms with van der Waals surface area (Å²) in [6.45, 7) is 5.98. The molecule has 0 saturated heterocycles. The Kier molecular flexibility index (Phi) is 6.16. The second-order valence-corrected chi connectivity index (χ2v) is 8.18. The third kappa shape index (κ3) is 4.61. The molecular weight excluding hydrogens is 402 g/mol. The maximum absolute atomic E-state index is 13.0. The van der Waals surface area contributed by atoms with Gasteiger partial charge in [0.15, 0.2) is 0 Å². The van der Waals surface area contributed by atoms with Gasteiger partial charge in [-0.25, -0.2) is 0 Å². The van der Waals surface area contributed by atoms with Gasteiger partial charge in [0.2, 0.25) is 11.6 Å². The fraction of sp³-hybridized carbons (Fsp3) is 0.280. The molecule has 1 amide bonds. The van der Waals surface area contributed by atoms with Crippen LogP contribution in [0.2, 0.25) is 0 Å². The van der Waals surface area contributed by atoms with Gasteiger partial charge in [0.05, 0.1) is 6.04 Å². The predicted molar refractivity (Wildman–Crippen MR) is 124 cm³/mol. The van der Waals surface area contributed by atoms with Crippen molar-refractivity contribution in [2.45, 2.75) is 46.1 Å². The zero-order valence-electron chi connectivity index (χ0n) is 18.6. The number of nitrogens with zero attached hydrogens (tertiary/aromatic N) is 4. The summed E-state index contributed by atoms with van der Waals surface area (Å²) in [6.07, 6.45) is 5.10. The lowest BCUT2D eigenvalue weighted by molar-refractivity contribution is -0.121. The highest BCUT2D eigenvalue weighted by Crippen LogP contribution is 2.14. The van der Waals surface area contributed by atoms with Crippen molar-refractivity contribution in [3.8, 4) is 5.69 Å². The Morgan fingerprint density at radius 3 is 2.47 bits per heavy atom. The number of amides is 1. The van der Waals surface area contributed by atoms with E-state index in [0.717, 1.165) is 22.4 Å². The zero-order valence-corrected chi connectivity index (χ0v) is 18.6. The highest BCUT2D eigenvalue weighted by atomic mass is 16.1. The third-order valence-electron chi connectivity index (χ3n) is 5.51. The number of nitrogens with one attached hydrogen (secondary N) is 1. The second-order valence-electron chi connectivity index (χ2n) is 8.18. The first kappa shape index (κ1) is 21.5. The van der Waals surface area contributed by atoms with Crippen molar-refractivity contribution < 1.29 is 4.79 Å². The minimum absolute atomic E-state index is 0.00709. The van der Waals surface area contributed by atoms with Crippen molar-refractivity contribution in [1.82, 2.24) is 24.5 Å². The number of fused-ring (bicyclic) bond motifs is 1. The Bertz CT molecular complexity index is 1290. The highest BCUT2D eigenvalue weighted by Gasteiger charge is 2.13. The molecule has 32 heavy (non-hydrogen) atoms. The van der Waals surface area contributed by atoms with Crippen LogP contribution in [0.5, 0.6) is 0 Å². The fourth-order valence-electron chi connectivity index (χ4n) is 3.94. The van der Waals surface area contributed by atoms with Crippen LogP contribution < -0.4 is 10.9 Å². The summed E-state index contributed by atoms with van der Waals surface area (Å²) in [7, 11) is 0. The zero-order chi connectivity index (χ0) is 22.7. The SMILES string of the molecule is Cc1cc(C)cc(-n2ccn3c(CCCC(=O)N[C@H](C)c4ccccc4)nnc3c2=O)c1. The van der Waals surface area contributed by atoms with E-state index in [1.807, 2.05) is 63.2 Å². The molecule has 4 rings (SSSR count). The summed E-state index contributed by atoms with van der Waals surface area (Å²) in [5, 5.41) is 11.3. The van der Waals surface area contributed by atoms with Gasteiger partial charge in [-0.05, 0) is 56.0 Å². The van der Waals surface area contributed by atoms with E-state index in [4.69, 9.17) is 0 Å². The van der Waals surface area contributed by atoms with E-state index in [9.17, 15) is 9.59 Å². The van der Waals surface area contributed by atoms with Crippen LogP contribution >= 0.6 is 0 Å². The number of carbonyl (C=O) groups is 1. The summed E-state index contributed by atoms with van der Waals surface area (Å²) in [5.74, 6) is 0.668. The molecule has 4 aromatic rings. The van der Waals surface area contributed by atoms with Gasteiger partial charge in [-0.3, -0.25) is 18.6 Å². The summed E-state index contributed by atoms with van der Waals surface area (Å²) >= 11 is 0. The van der Waals surface area contributed by atoms with E-state index in [-0.39, 0.29) is 23.2 Å². The number of hydrogen-bond donors (Lipinski definition) is 1. The van der Waals surface area contributed by atoms with Crippen molar-refractivity contribution in [2.75, 3.05) is 0 Å². The van der Waals surface area contributed by atoms with Crippen LogP contribution in [0.4, 0.5) is 0 Å². The van der Waals surface area contributed by atoms with E-state index >= 15 is 0 Å². The molecular formula is C25H27N5O2. The fourth-order valence-corrected chi connectivity index (χ4v) is 3.94. The Morgan fingerprint density at radius 1 is 1.03 bits per heavy atom. The van der Waals surface area contributed by atoms with Crippen molar-refractivity contribution in [3.05, 3.63) is 93.8 Å². The van der Waals surface area contributed by atoms with Crippen LogP contribution in [0.25, 0.3) is 11.3 Å². The molecule has 0 unspecified atom stereocenters. The first-order chi connectivity index (χ1) is 15.4. The average Bonchev–Trinajstić information content (AvgIpc) is 3.18. The molecule has 1 atom stereocenters. The van der Waals surface area contributed by atoms with Crippen LogP contribution in [0.15, 0.2) is 65.7 Å². The molecule has 0 aliphatic carbocycles. The molecule has 0 saturated carbocycles. The number of aromatic nitrogens is 4. The summed E-state index contributed by atoms with van der Waals surface area (Å²) in [6, 6.07) is 15.8. The monoisotopic (exact) mass is 429 g/mol. The minimum Gasteiger partial charge on any atom is -0.350 e. The molecule has 2 aromatic heterocycles. The molecule has 0 fully saturated rings. The van der Waals surface area contributed by atoms with E-state index in [0.29, 0.717) is 25.1 Å². The van der Waals surface area contributed by atoms with E-state index in [1.54, 1.807) is 21.4 Å². The van der Waals surface area contributed by atoms with E-state index in [1.165, 1.54) is 0 Å². The van der Waals surface area contributed by atoms with Crippen LogP contribution in [0.1, 0.15) is 48.3 Å². The maximum atomic E-state index is 13.0. The Labute approximate surface area is 186 Å². The molecule has 0 spiro atoms. The second kappa shape index (κ2) is 9.18. The van der Waals surface area contributed by atoms with Gasteiger partial charge in [-0.2, -0.15) is 0 Å². The third-order valence-corrected chi connectivity index (χ3v) is 5.51. The molecule has 164 valence electrons. The molecule has 7 heteroatoms. The number of rotatable bonds is 7. The Morgan fingerprint density at radius 2 is 1.75 bits per heavy atom. The largest absolute Gasteiger partial charge is 0.350 e. The number of carbonyl (C=O) groups excluding carboxylic acids is 1. The molecule has 0 aliphatic heterocycles. The quantitative estimate of drug-likeness (QED) is 0.486. The normalized spacial score (nSPS) is 12.1. The molecule has 7 nitrogen and oxygen atoms in total. The molecule has 2 aromatic carbocycles. The lowest BCUT2D eigenvalue weighted by atomic mass is 10.1. The standard InChI is InChI=1S/C25H27N5O2/c1-17-14-18(2)16-21(15-17)29-12-13-30-22(27-28-24(30)25(29)32)10-7-11-23(31)26-19(3)20-8-5-4-6-9-20/h4-6,8-9,12-16,19H,7,10-11H2,1-3H3,(H,26,31)/t19-/m1/s1. The lowest BCUT2D eigenvalue weighted by Gasteiger charge is -2.14. The maximum Gasteiger partial charge on any atom is 0.300 e. The van der Waals surface area contributed by atoms with Gasteiger partial charge < -0.3 is 5.32 Å². The van der Waals surface area contributed by atoms with Gasteiger partial charge >= 0.3 is 5.56 Å². The smallest absolute Gasteiger partial charge is 0.300 e. The first-order valence-corrected chi connectivity index (χ1v) is 10.8.